The van der Waals surface area contributed by atoms with Gasteiger partial charge < -0.3 is 5.32 Å². The maximum absolute atomic E-state index is 4.69. The second-order valence-electron chi connectivity index (χ2n) is 6.26. The fourth-order valence-electron chi connectivity index (χ4n) is 1.82. The summed E-state index contributed by atoms with van der Waals surface area (Å²) in [5.74, 6) is 1.55. The second kappa shape index (κ2) is 5.23. The van der Waals surface area contributed by atoms with E-state index in [1.54, 1.807) is 0 Å². The molecule has 0 amide bonds. The largest absolute Gasteiger partial charge is 0.373 e. The summed E-state index contributed by atoms with van der Waals surface area (Å²) in [6.45, 7) is 10.6. The number of anilines is 1. The number of hydrogen-bond acceptors (Lipinski definition) is 4. The Hall–Kier alpha value is -1.91. The Kier molecular flexibility index (Phi) is 3.79. The van der Waals surface area contributed by atoms with Crippen LogP contribution in [0.25, 0.3) is 11.4 Å². The number of aromatic nitrogens is 4. The van der Waals surface area contributed by atoms with Crippen LogP contribution in [0, 0.1) is 0 Å². The second-order valence-corrected chi connectivity index (χ2v) is 6.26. The molecule has 0 aromatic carbocycles. The molecule has 2 heterocycles. The van der Waals surface area contributed by atoms with E-state index in [1.165, 1.54) is 0 Å². The van der Waals surface area contributed by atoms with Gasteiger partial charge in [0.25, 0.3) is 0 Å². The Morgan fingerprint density at radius 2 is 1.90 bits per heavy atom. The monoisotopic (exact) mass is 273 g/mol. The van der Waals surface area contributed by atoms with Gasteiger partial charge in [0.2, 0.25) is 0 Å². The van der Waals surface area contributed by atoms with Crippen molar-refractivity contribution in [1.82, 2.24) is 19.7 Å². The zero-order valence-corrected chi connectivity index (χ0v) is 13.1. The third-order valence-electron chi connectivity index (χ3n) is 3.14. The molecule has 0 saturated heterocycles. The standard InChI is InChI=1S/C15H23N5/c1-10(2)20-9-11(8-17-20)14-18-12(15(3,4)5)7-13(16-6)19-14/h7-10H,1-6H3,(H,16,18,19). The van der Waals surface area contributed by atoms with Crippen molar-refractivity contribution in [2.45, 2.75) is 46.1 Å². The fourth-order valence-corrected chi connectivity index (χ4v) is 1.82. The molecule has 0 radical (unpaired) electrons. The van der Waals surface area contributed by atoms with Crippen LogP contribution >= 0.6 is 0 Å². The lowest BCUT2D eigenvalue weighted by molar-refractivity contribution is 0.532. The summed E-state index contributed by atoms with van der Waals surface area (Å²) < 4.78 is 1.92. The molecule has 0 aliphatic rings. The zero-order valence-electron chi connectivity index (χ0n) is 13.1. The summed E-state index contributed by atoms with van der Waals surface area (Å²) in [4.78, 5) is 9.22. The highest BCUT2D eigenvalue weighted by Gasteiger charge is 2.19. The first-order chi connectivity index (χ1) is 9.31. The average Bonchev–Trinajstić information content (AvgIpc) is 2.87. The number of hydrogen-bond donors (Lipinski definition) is 1. The van der Waals surface area contributed by atoms with Gasteiger partial charge in [-0.05, 0) is 13.8 Å². The Bertz CT molecular complexity index is 593. The third kappa shape index (κ3) is 2.98. The third-order valence-corrected chi connectivity index (χ3v) is 3.14. The minimum Gasteiger partial charge on any atom is -0.373 e. The molecule has 2 rings (SSSR count). The maximum Gasteiger partial charge on any atom is 0.164 e. The number of rotatable bonds is 3. The summed E-state index contributed by atoms with van der Waals surface area (Å²) in [7, 11) is 1.87. The van der Waals surface area contributed by atoms with Crippen LogP contribution in [0.2, 0.25) is 0 Å². The van der Waals surface area contributed by atoms with Crippen LogP contribution < -0.4 is 5.32 Å². The minimum atomic E-state index is -0.0165. The summed E-state index contributed by atoms with van der Waals surface area (Å²) in [6.07, 6.45) is 3.81. The van der Waals surface area contributed by atoms with E-state index in [1.807, 2.05) is 30.2 Å². The van der Waals surface area contributed by atoms with E-state index in [0.29, 0.717) is 11.9 Å². The normalized spacial score (nSPS) is 11.9. The van der Waals surface area contributed by atoms with Crippen molar-refractivity contribution in [2.24, 2.45) is 0 Å². The molecular weight excluding hydrogens is 250 g/mol. The van der Waals surface area contributed by atoms with E-state index in [9.17, 15) is 0 Å². The highest BCUT2D eigenvalue weighted by molar-refractivity contribution is 5.56. The lowest BCUT2D eigenvalue weighted by atomic mass is 9.92. The quantitative estimate of drug-likeness (QED) is 0.932. The van der Waals surface area contributed by atoms with Crippen molar-refractivity contribution >= 4 is 5.82 Å². The SMILES string of the molecule is CNc1cc(C(C)(C)C)nc(-c2cnn(C(C)C)c2)n1. The summed E-state index contributed by atoms with van der Waals surface area (Å²) in [6, 6.07) is 2.33. The van der Waals surface area contributed by atoms with Gasteiger partial charge in [0.05, 0.1) is 17.5 Å². The summed E-state index contributed by atoms with van der Waals surface area (Å²) in [5, 5.41) is 7.46. The molecule has 0 aliphatic heterocycles. The predicted molar refractivity (Wildman–Crippen MR) is 81.9 cm³/mol. The van der Waals surface area contributed by atoms with Crippen LogP contribution in [-0.4, -0.2) is 26.8 Å². The van der Waals surface area contributed by atoms with E-state index in [4.69, 9.17) is 4.98 Å². The molecule has 5 nitrogen and oxygen atoms in total. The lowest BCUT2D eigenvalue weighted by Gasteiger charge is -2.19. The van der Waals surface area contributed by atoms with Crippen molar-refractivity contribution in [3.8, 4) is 11.4 Å². The van der Waals surface area contributed by atoms with Crippen molar-refractivity contribution in [3.05, 3.63) is 24.2 Å². The molecule has 0 bridgehead atoms. The molecule has 0 atom stereocenters. The molecular formula is C15H23N5. The van der Waals surface area contributed by atoms with Crippen LogP contribution in [0.3, 0.4) is 0 Å². The number of nitrogens with one attached hydrogen (secondary N) is 1. The lowest BCUT2D eigenvalue weighted by Crippen LogP contribution is -2.15. The molecule has 108 valence electrons. The van der Waals surface area contributed by atoms with Crippen LogP contribution in [-0.2, 0) is 5.41 Å². The van der Waals surface area contributed by atoms with E-state index in [0.717, 1.165) is 17.1 Å². The Balaban J connectivity index is 2.49. The maximum atomic E-state index is 4.69. The fraction of sp³-hybridized carbons (Fsp3) is 0.533. The van der Waals surface area contributed by atoms with Gasteiger partial charge in [-0.25, -0.2) is 9.97 Å². The van der Waals surface area contributed by atoms with Crippen LogP contribution in [0.15, 0.2) is 18.5 Å². The smallest absolute Gasteiger partial charge is 0.164 e. The van der Waals surface area contributed by atoms with E-state index in [-0.39, 0.29) is 5.41 Å². The van der Waals surface area contributed by atoms with Gasteiger partial charge in [0, 0.05) is 30.8 Å². The summed E-state index contributed by atoms with van der Waals surface area (Å²) in [5.41, 5.74) is 1.95. The van der Waals surface area contributed by atoms with Gasteiger partial charge in [0.1, 0.15) is 5.82 Å². The zero-order chi connectivity index (χ0) is 14.9. The highest BCUT2D eigenvalue weighted by atomic mass is 15.3. The molecule has 0 saturated carbocycles. The van der Waals surface area contributed by atoms with Gasteiger partial charge in [0.15, 0.2) is 5.82 Å². The molecule has 0 spiro atoms. The van der Waals surface area contributed by atoms with Crippen molar-refractivity contribution in [1.29, 1.82) is 0 Å². The predicted octanol–water partition coefficient (Wildman–Crippen LogP) is 3.26. The van der Waals surface area contributed by atoms with Crippen molar-refractivity contribution in [3.63, 3.8) is 0 Å². The molecule has 5 heteroatoms. The highest BCUT2D eigenvalue weighted by Crippen LogP contribution is 2.25. The van der Waals surface area contributed by atoms with Gasteiger partial charge in [-0.1, -0.05) is 20.8 Å². The van der Waals surface area contributed by atoms with E-state index in [2.05, 4.69) is 50.0 Å². The summed E-state index contributed by atoms with van der Waals surface area (Å²) >= 11 is 0. The van der Waals surface area contributed by atoms with Crippen molar-refractivity contribution in [2.75, 3.05) is 12.4 Å². The van der Waals surface area contributed by atoms with Gasteiger partial charge >= 0.3 is 0 Å². The number of nitrogens with zero attached hydrogens (tertiary/aromatic N) is 4. The molecule has 1 N–H and O–H groups in total. The van der Waals surface area contributed by atoms with E-state index >= 15 is 0 Å². The minimum absolute atomic E-state index is 0.0165. The van der Waals surface area contributed by atoms with Crippen LogP contribution in [0.4, 0.5) is 5.82 Å². The Labute approximate surface area is 120 Å². The molecule has 2 aromatic heterocycles. The molecule has 0 unspecified atom stereocenters. The van der Waals surface area contributed by atoms with Crippen LogP contribution in [0.1, 0.15) is 46.4 Å². The molecule has 0 aliphatic carbocycles. The van der Waals surface area contributed by atoms with Crippen molar-refractivity contribution < 1.29 is 0 Å². The molecule has 0 fully saturated rings. The molecule has 2 aromatic rings. The van der Waals surface area contributed by atoms with E-state index < -0.39 is 0 Å². The molecule has 20 heavy (non-hydrogen) atoms. The first-order valence-electron chi connectivity index (χ1n) is 6.93. The van der Waals surface area contributed by atoms with Gasteiger partial charge in [-0.2, -0.15) is 5.10 Å². The first kappa shape index (κ1) is 14.5. The van der Waals surface area contributed by atoms with Gasteiger partial charge in [-0.3, -0.25) is 4.68 Å². The Morgan fingerprint density at radius 1 is 1.20 bits per heavy atom. The van der Waals surface area contributed by atoms with Crippen LogP contribution in [0.5, 0.6) is 0 Å². The topological polar surface area (TPSA) is 55.6 Å². The average molecular weight is 273 g/mol. The van der Waals surface area contributed by atoms with Gasteiger partial charge in [-0.15, -0.1) is 0 Å². The Morgan fingerprint density at radius 3 is 2.40 bits per heavy atom. The first-order valence-corrected chi connectivity index (χ1v) is 6.93.